The van der Waals surface area contributed by atoms with E-state index in [-0.39, 0.29) is 5.91 Å². The number of imidazole rings is 1. The van der Waals surface area contributed by atoms with Gasteiger partial charge in [-0.2, -0.15) is 5.10 Å². The first kappa shape index (κ1) is 21.5. The number of aromatic nitrogens is 2. The van der Waals surface area contributed by atoms with Crippen molar-refractivity contribution in [3.8, 4) is 0 Å². The number of nitrogens with one attached hydrogen (secondary N) is 1. The molecule has 0 radical (unpaired) electrons. The van der Waals surface area contributed by atoms with E-state index < -0.39 is 0 Å². The zero-order valence-corrected chi connectivity index (χ0v) is 18.1. The van der Waals surface area contributed by atoms with Gasteiger partial charge in [0.25, 0.3) is 5.91 Å². The maximum Gasteiger partial charge on any atom is 0.271 e. The Morgan fingerprint density at radius 2 is 1.93 bits per heavy atom. The second kappa shape index (κ2) is 10.5. The van der Waals surface area contributed by atoms with E-state index in [2.05, 4.69) is 52.1 Å². The molecule has 1 N–H and O–H groups in total. The number of hydrazone groups is 1. The first-order valence-electron chi connectivity index (χ1n) is 10.7. The van der Waals surface area contributed by atoms with Gasteiger partial charge in [-0.25, -0.2) is 10.4 Å². The van der Waals surface area contributed by atoms with E-state index in [4.69, 9.17) is 0 Å². The van der Waals surface area contributed by atoms with Gasteiger partial charge in [-0.05, 0) is 56.0 Å². The summed E-state index contributed by atoms with van der Waals surface area (Å²) in [4.78, 5) is 17.1. The summed E-state index contributed by atoms with van der Waals surface area (Å²) in [6, 6.07) is 15.8. The van der Waals surface area contributed by atoms with Gasteiger partial charge in [0.1, 0.15) is 5.82 Å². The highest BCUT2D eigenvalue weighted by Crippen LogP contribution is 2.18. The van der Waals surface area contributed by atoms with Crippen LogP contribution in [0.1, 0.15) is 61.3 Å². The Morgan fingerprint density at radius 3 is 2.67 bits per heavy atom. The number of benzene rings is 2. The number of hydrogen-bond donors (Lipinski definition) is 1. The summed E-state index contributed by atoms with van der Waals surface area (Å²) in [6.07, 6.45) is 8.26. The normalized spacial score (nSPS) is 12.0. The summed E-state index contributed by atoms with van der Waals surface area (Å²) in [5.74, 6) is 0.718. The van der Waals surface area contributed by atoms with Crippen LogP contribution in [-0.2, 0) is 6.54 Å². The summed E-state index contributed by atoms with van der Waals surface area (Å²) in [5, 5.41) is 4.22. The minimum Gasteiger partial charge on any atom is -0.329 e. The monoisotopic (exact) mass is 402 g/mol. The predicted molar refractivity (Wildman–Crippen MR) is 125 cm³/mol. The molecule has 5 nitrogen and oxygen atoms in total. The number of carbonyl (C=O) groups is 1. The van der Waals surface area contributed by atoms with Crippen molar-refractivity contribution in [3.63, 3.8) is 0 Å². The average Bonchev–Trinajstić information content (AvgIpc) is 3.08. The van der Waals surface area contributed by atoms with Crippen molar-refractivity contribution in [3.05, 3.63) is 71.1 Å². The van der Waals surface area contributed by atoms with E-state index in [0.29, 0.717) is 5.56 Å². The highest BCUT2D eigenvalue weighted by Gasteiger charge is 2.10. The quantitative estimate of drug-likeness (QED) is 0.282. The molecule has 1 aromatic heterocycles. The number of carbonyl (C=O) groups excluding carboxylic acids is 1. The standard InChI is InChI=1S/C25H30N4O/c1-4-6-8-13-21(16-20-11-9-7-10-12-20)18-26-28-25(30)22-14-15-24-23(17-22)27-19(3)29(24)5-2/h7,9-12,14-18H,4-6,8,13H2,1-3H3,(H,28,30). The Kier molecular flexibility index (Phi) is 7.55. The Hall–Kier alpha value is -3.21. The maximum atomic E-state index is 12.6. The van der Waals surface area contributed by atoms with Crippen LogP contribution in [0.4, 0.5) is 0 Å². The molecule has 0 bridgehead atoms. The van der Waals surface area contributed by atoms with Crippen LogP contribution in [0.15, 0.2) is 59.2 Å². The van der Waals surface area contributed by atoms with Crippen LogP contribution in [0.3, 0.4) is 0 Å². The van der Waals surface area contributed by atoms with Gasteiger partial charge in [0.15, 0.2) is 0 Å². The highest BCUT2D eigenvalue weighted by molar-refractivity contribution is 5.98. The van der Waals surface area contributed by atoms with Gasteiger partial charge in [-0.3, -0.25) is 4.79 Å². The second-order valence-corrected chi connectivity index (χ2v) is 7.39. The zero-order chi connectivity index (χ0) is 21.3. The van der Waals surface area contributed by atoms with E-state index in [0.717, 1.165) is 47.4 Å². The molecule has 3 rings (SSSR count). The van der Waals surface area contributed by atoms with Gasteiger partial charge in [0.05, 0.1) is 17.2 Å². The predicted octanol–water partition coefficient (Wildman–Crippen LogP) is 5.74. The van der Waals surface area contributed by atoms with Crippen LogP contribution in [0, 0.1) is 6.92 Å². The number of unbranched alkanes of at least 4 members (excludes halogenated alkanes) is 2. The van der Waals surface area contributed by atoms with E-state index in [1.165, 1.54) is 12.8 Å². The number of hydrogen-bond acceptors (Lipinski definition) is 3. The number of allylic oxidation sites excluding steroid dienone is 1. The van der Waals surface area contributed by atoms with Crippen molar-refractivity contribution in [2.24, 2.45) is 5.10 Å². The molecule has 0 saturated heterocycles. The van der Waals surface area contributed by atoms with Gasteiger partial charge in [-0.1, -0.05) is 56.2 Å². The van der Waals surface area contributed by atoms with Gasteiger partial charge in [-0.15, -0.1) is 0 Å². The molecule has 0 aliphatic carbocycles. The topological polar surface area (TPSA) is 59.3 Å². The lowest BCUT2D eigenvalue weighted by atomic mass is 10.1. The van der Waals surface area contributed by atoms with Gasteiger partial charge in [0, 0.05) is 12.1 Å². The Bertz CT molecular complexity index is 1050. The molecule has 1 amide bonds. The molecule has 3 aromatic rings. The van der Waals surface area contributed by atoms with Crippen molar-refractivity contribution in [1.29, 1.82) is 0 Å². The molecular formula is C25H30N4O. The first-order valence-corrected chi connectivity index (χ1v) is 10.7. The zero-order valence-electron chi connectivity index (χ0n) is 18.1. The number of fused-ring (bicyclic) bond motifs is 1. The largest absolute Gasteiger partial charge is 0.329 e. The van der Waals surface area contributed by atoms with Gasteiger partial charge >= 0.3 is 0 Å². The van der Waals surface area contributed by atoms with Crippen molar-refractivity contribution in [1.82, 2.24) is 15.0 Å². The number of aryl methyl sites for hydroxylation is 2. The molecule has 0 aliphatic rings. The van der Waals surface area contributed by atoms with Crippen LogP contribution >= 0.6 is 0 Å². The van der Waals surface area contributed by atoms with Gasteiger partial charge in [0.2, 0.25) is 0 Å². The molecule has 0 saturated carbocycles. The molecule has 30 heavy (non-hydrogen) atoms. The Labute approximate surface area is 178 Å². The van der Waals surface area contributed by atoms with E-state index >= 15 is 0 Å². The Balaban J connectivity index is 1.71. The molecule has 2 aromatic carbocycles. The summed E-state index contributed by atoms with van der Waals surface area (Å²) in [6.45, 7) is 7.11. The lowest BCUT2D eigenvalue weighted by Crippen LogP contribution is -2.17. The third-order valence-corrected chi connectivity index (χ3v) is 5.13. The lowest BCUT2D eigenvalue weighted by molar-refractivity contribution is 0.0955. The van der Waals surface area contributed by atoms with E-state index in [1.807, 2.05) is 43.3 Å². The molecule has 0 unspecified atom stereocenters. The van der Waals surface area contributed by atoms with Crippen LogP contribution in [0.5, 0.6) is 0 Å². The smallest absolute Gasteiger partial charge is 0.271 e. The minimum absolute atomic E-state index is 0.232. The molecule has 5 heteroatoms. The molecule has 0 aliphatic heterocycles. The minimum atomic E-state index is -0.232. The molecule has 0 atom stereocenters. The van der Waals surface area contributed by atoms with E-state index in [1.54, 1.807) is 6.21 Å². The summed E-state index contributed by atoms with van der Waals surface area (Å²) >= 11 is 0. The SMILES string of the molecule is CCCCCC(C=NNC(=O)c1ccc2c(c1)nc(C)n2CC)=Cc1ccccc1. The molecule has 156 valence electrons. The van der Waals surface area contributed by atoms with Crippen molar-refractivity contribution in [2.45, 2.75) is 53.0 Å². The van der Waals surface area contributed by atoms with Crippen LogP contribution in [0.2, 0.25) is 0 Å². The molecule has 0 spiro atoms. The number of nitrogens with zero attached hydrogens (tertiary/aromatic N) is 3. The Morgan fingerprint density at radius 1 is 1.13 bits per heavy atom. The molecular weight excluding hydrogens is 372 g/mol. The summed E-state index contributed by atoms with van der Waals surface area (Å²) < 4.78 is 2.13. The molecule has 0 fully saturated rings. The van der Waals surface area contributed by atoms with Crippen molar-refractivity contribution in [2.75, 3.05) is 0 Å². The van der Waals surface area contributed by atoms with Crippen LogP contribution in [0.25, 0.3) is 17.1 Å². The average molecular weight is 403 g/mol. The van der Waals surface area contributed by atoms with Crippen LogP contribution < -0.4 is 5.43 Å². The fraction of sp³-hybridized carbons (Fsp3) is 0.320. The summed E-state index contributed by atoms with van der Waals surface area (Å²) in [5.41, 5.74) is 7.32. The van der Waals surface area contributed by atoms with Crippen molar-refractivity contribution >= 4 is 29.2 Å². The van der Waals surface area contributed by atoms with Gasteiger partial charge < -0.3 is 4.57 Å². The van der Waals surface area contributed by atoms with E-state index in [9.17, 15) is 4.79 Å². The fourth-order valence-electron chi connectivity index (χ4n) is 3.55. The third-order valence-electron chi connectivity index (χ3n) is 5.13. The van der Waals surface area contributed by atoms with Crippen LogP contribution in [-0.4, -0.2) is 21.7 Å². The maximum absolute atomic E-state index is 12.6. The first-order chi connectivity index (χ1) is 14.6. The lowest BCUT2D eigenvalue weighted by Gasteiger charge is -2.04. The third kappa shape index (κ3) is 5.44. The number of rotatable bonds is 9. The number of amides is 1. The molecule has 1 heterocycles. The van der Waals surface area contributed by atoms with Crippen molar-refractivity contribution < 1.29 is 4.79 Å². The highest BCUT2D eigenvalue weighted by atomic mass is 16.2. The summed E-state index contributed by atoms with van der Waals surface area (Å²) in [7, 11) is 0. The second-order valence-electron chi connectivity index (χ2n) is 7.39. The fourth-order valence-corrected chi connectivity index (χ4v) is 3.55.